The fourth-order valence-corrected chi connectivity index (χ4v) is 1.74. The van der Waals surface area contributed by atoms with Crippen LogP contribution in [-0.4, -0.2) is 39.0 Å². The van der Waals surface area contributed by atoms with E-state index in [0.717, 1.165) is 11.4 Å². The van der Waals surface area contributed by atoms with Crippen molar-refractivity contribution in [3.8, 4) is 5.69 Å². The summed E-state index contributed by atoms with van der Waals surface area (Å²) >= 11 is 5.95. The van der Waals surface area contributed by atoms with Gasteiger partial charge in [-0.3, -0.25) is 0 Å². The Morgan fingerprint density at radius 2 is 2.28 bits per heavy atom. The predicted octanol–water partition coefficient (Wildman–Crippen LogP) is 1.29. The summed E-state index contributed by atoms with van der Waals surface area (Å²) in [7, 11) is 0. The van der Waals surface area contributed by atoms with Crippen LogP contribution < -0.4 is 5.32 Å². The Morgan fingerprint density at radius 3 is 2.94 bits per heavy atom. The summed E-state index contributed by atoms with van der Waals surface area (Å²) in [5, 5.41) is 21.8. The SMILES string of the molecule is OCC(O)CNc1cc(Cl)ccc1-n1ccnc1. The number of hydrogen-bond donors (Lipinski definition) is 3. The van der Waals surface area contributed by atoms with Crippen LogP contribution in [0.3, 0.4) is 0 Å². The first-order chi connectivity index (χ1) is 8.70. The molecule has 3 N–H and O–H groups in total. The zero-order valence-corrected chi connectivity index (χ0v) is 10.4. The number of nitrogens with one attached hydrogen (secondary N) is 1. The van der Waals surface area contributed by atoms with Gasteiger partial charge in [0.2, 0.25) is 0 Å². The standard InChI is InChI=1S/C12H14ClN3O2/c13-9-1-2-12(16-4-3-14-8-16)11(5-9)15-6-10(18)7-17/h1-5,8,10,15,17-18H,6-7H2. The van der Waals surface area contributed by atoms with Crippen LogP contribution >= 0.6 is 11.6 Å². The quantitative estimate of drug-likeness (QED) is 0.764. The molecule has 1 unspecified atom stereocenters. The van der Waals surface area contributed by atoms with Gasteiger partial charge in [-0.15, -0.1) is 0 Å². The van der Waals surface area contributed by atoms with Gasteiger partial charge in [0.25, 0.3) is 0 Å². The van der Waals surface area contributed by atoms with Crippen LogP contribution in [0.15, 0.2) is 36.9 Å². The number of benzene rings is 1. The van der Waals surface area contributed by atoms with Gasteiger partial charge in [0.15, 0.2) is 0 Å². The van der Waals surface area contributed by atoms with Gasteiger partial charge >= 0.3 is 0 Å². The maximum absolute atomic E-state index is 9.35. The molecule has 0 bridgehead atoms. The Kier molecular flexibility index (Phi) is 4.19. The number of imidazole rings is 1. The van der Waals surface area contributed by atoms with Crippen LogP contribution in [0.4, 0.5) is 5.69 Å². The highest BCUT2D eigenvalue weighted by atomic mass is 35.5. The molecule has 0 aliphatic carbocycles. The normalized spacial score (nSPS) is 12.4. The van der Waals surface area contributed by atoms with E-state index in [1.807, 2.05) is 16.8 Å². The molecular weight excluding hydrogens is 254 g/mol. The smallest absolute Gasteiger partial charge is 0.0992 e. The molecule has 0 radical (unpaired) electrons. The molecule has 6 heteroatoms. The average molecular weight is 268 g/mol. The van der Waals surface area contributed by atoms with E-state index in [4.69, 9.17) is 16.7 Å². The minimum atomic E-state index is -0.806. The van der Waals surface area contributed by atoms with E-state index in [0.29, 0.717) is 5.02 Å². The summed E-state index contributed by atoms with van der Waals surface area (Å²) in [6.07, 6.45) is 4.37. The van der Waals surface area contributed by atoms with Gasteiger partial charge < -0.3 is 20.1 Å². The Hall–Kier alpha value is -1.56. The lowest BCUT2D eigenvalue weighted by molar-refractivity contribution is 0.105. The number of rotatable bonds is 5. The van der Waals surface area contributed by atoms with Gasteiger partial charge in [-0.2, -0.15) is 0 Å². The molecule has 2 aromatic rings. The lowest BCUT2D eigenvalue weighted by Gasteiger charge is -2.15. The Labute approximate surface area is 110 Å². The summed E-state index contributed by atoms with van der Waals surface area (Å²) in [5.74, 6) is 0. The predicted molar refractivity (Wildman–Crippen MR) is 70.2 cm³/mol. The molecular formula is C12H14ClN3O2. The van der Waals surface area contributed by atoms with Gasteiger partial charge in [0.05, 0.1) is 30.4 Å². The van der Waals surface area contributed by atoms with Crippen LogP contribution in [-0.2, 0) is 0 Å². The summed E-state index contributed by atoms with van der Waals surface area (Å²) in [6.45, 7) is -0.0352. The second kappa shape index (κ2) is 5.86. The third kappa shape index (κ3) is 3.01. The number of aliphatic hydroxyl groups excluding tert-OH is 2. The molecule has 0 saturated heterocycles. The van der Waals surface area contributed by atoms with E-state index in [9.17, 15) is 5.11 Å². The number of nitrogens with zero attached hydrogens (tertiary/aromatic N) is 2. The third-order valence-corrected chi connectivity index (χ3v) is 2.72. The van der Waals surface area contributed by atoms with E-state index >= 15 is 0 Å². The van der Waals surface area contributed by atoms with Crippen molar-refractivity contribution in [2.75, 3.05) is 18.5 Å². The summed E-state index contributed by atoms with van der Waals surface area (Å²) < 4.78 is 1.84. The van der Waals surface area contributed by atoms with Crippen molar-refractivity contribution in [1.82, 2.24) is 9.55 Å². The molecule has 18 heavy (non-hydrogen) atoms. The molecule has 0 aliphatic heterocycles. The number of halogens is 1. The van der Waals surface area contributed by atoms with Gasteiger partial charge in [-0.25, -0.2) is 4.98 Å². The average Bonchev–Trinajstić information content (AvgIpc) is 2.89. The minimum Gasteiger partial charge on any atom is -0.394 e. The molecule has 0 amide bonds. The number of aromatic nitrogens is 2. The molecule has 0 fully saturated rings. The fourth-order valence-electron chi connectivity index (χ4n) is 1.57. The second-order valence-electron chi connectivity index (χ2n) is 3.85. The van der Waals surface area contributed by atoms with Crippen LogP contribution in [0, 0.1) is 0 Å². The van der Waals surface area contributed by atoms with E-state index in [1.54, 1.807) is 24.7 Å². The maximum atomic E-state index is 9.35. The van der Waals surface area contributed by atoms with Gasteiger partial charge in [0.1, 0.15) is 0 Å². The molecule has 1 aromatic heterocycles. The van der Waals surface area contributed by atoms with E-state index in [-0.39, 0.29) is 13.2 Å². The highest BCUT2D eigenvalue weighted by Crippen LogP contribution is 2.24. The summed E-state index contributed by atoms with van der Waals surface area (Å²) in [6, 6.07) is 5.41. The second-order valence-corrected chi connectivity index (χ2v) is 4.29. The van der Waals surface area contributed by atoms with Gasteiger partial charge in [-0.1, -0.05) is 11.6 Å². The first-order valence-electron chi connectivity index (χ1n) is 5.51. The highest BCUT2D eigenvalue weighted by molar-refractivity contribution is 6.31. The Bertz CT molecular complexity index is 502. The van der Waals surface area contributed by atoms with Crippen molar-refractivity contribution >= 4 is 17.3 Å². The van der Waals surface area contributed by atoms with Gasteiger partial charge in [-0.05, 0) is 18.2 Å². The molecule has 5 nitrogen and oxygen atoms in total. The van der Waals surface area contributed by atoms with Crippen molar-refractivity contribution in [2.24, 2.45) is 0 Å². The zero-order valence-electron chi connectivity index (χ0n) is 9.62. The first-order valence-corrected chi connectivity index (χ1v) is 5.89. The minimum absolute atomic E-state index is 0.249. The highest BCUT2D eigenvalue weighted by Gasteiger charge is 2.07. The van der Waals surface area contributed by atoms with Crippen molar-refractivity contribution in [1.29, 1.82) is 0 Å². The van der Waals surface area contributed by atoms with Crippen molar-refractivity contribution in [3.63, 3.8) is 0 Å². The third-order valence-electron chi connectivity index (χ3n) is 2.48. The van der Waals surface area contributed by atoms with E-state index in [2.05, 4.69) is 10.3 Å². The molecule has 2 rings (SSSR count). The van der Waals surface area contributed by atoms with Crippen LogP contribution in [0.1, 0.15) is 0 Å². The monoisotopic (exact) mass is 267 g/mol. The van der Waals surface area contributed by atoms with E-state index < -0.39 is 6.10 Å². The zero-order chi connectivity index (χ0) is 13.0. The van der Waals surface area contributed by atoms with E-state index in [1.165, 1.54) is 0 Å². The fraction of sp³-hybridized carbons (Fsp3) is 0.250. The van der Waals surface area contributed by atoms with Gasteiger partial charge in [0, 0.05) is 24.0 Å². The molecule has 0 aliphatic rings. The number of aliphatic hydroxyl groups is 2. The first kappa shape index (κ1) is 12.9. The molecule has 1 heterocycles. The Balaban J connectivity index is 2.24. The lowest BCUT2D eigenvalue weighted by atomic mass is 10.2. The largest absolute Gasteiger partial charge is 0.394 e. The molecule has 0 saturated carbocycles. The topological polar surface area (TPSA) is 70.3 Å². The van der Waals surface area contributed by atoms with Crippen LogP contribution in [0.5, 0.6) is 0 Å². The molecule has 0 spiro atoms. The number of hydrogen-bond acceptors (Lipinski definition) is 4. The van der Waals surface area contributed by atoms with Crippen LogP contribution in [0.2, 0.25) is 5.02 Å². The summed E-state index contributed by atoms with van der Waals surface area (Å²) in [5.41, 5.74) is 1.65. The molecule has 1 atom stereocenters. The van der Waals surface area contributed by atoms with Crippen LogP contribution in [0.25, 0.3) is 5.69 Å². The number of anilines is 1. The van der Waals surface area contributed by atoms with Crippen molar-refractivity contribution < 1.29 is 10.2 Å². The van der Waals surface area contributed by atoms with Crippen molar-refractivity contribution in [2.45, 2.75) is 6.10 Å². The summed E-state index contributed by atoms with van der Waals surface area (Å²) in [4.78, 5) is 3.99. The van der Waals surface area contributed by atoms with Crippen molar-refractivity contribution in [3.05, 3.63) is 41.9 Å². The Morgan fingerprint density at radius 1 is 1.44 bits per heavy atom. The molecule has 96 valence electrons. The maximum Gasteiger partial charge on any atom is 0.0992 e. The molecule has 1 aromatic carbocycles. The lowest BCUT2D eigenvalue weighted by Crippen LogP contribution is -2.23.